The first kappa shape index (κ1) is 11.4. The maximum Gasteiger partial charge on any atom is 0.341 e. The van der Waals surface area contributed by atoms with Gasteiger partial charge in [-0.05, 0) is 6.07 Å². The smallest absolute Gasteiger partial charge is 0.341 e. The summed E-state index contributed by atoms with van der Waals surface area (Å²) < 4.78 is 2.78. The van der Waals surface area contributed by atoms with Gasteiger partial charge in [0.2, 0.25) is 0 Å². The van der Waals surface area contributed by atoms with Crippen LogP contribution >= 0.6 is 27.3 Å². The van der Waals surface area contributed by atoms with E-state index in [0.717, 1.165) is 19.4 Å². The van der Waals surface area contributed by atoms with Gasteiger partial charge in [-0.2, -0.15) is 9.78 Å². The molecular formula is C11H6BrN4OS. The maximum absolute atomic E-state index is 11.3. The monoisotopic (exact) mass is 321 g/mol. The van der Waals surface area contributed by atoms with Crippen molar-refractivity contribution in [1.82, 2.24) is 14.8 Å². The topological polar surface area (TPSA) is 73.8 Å². The van der Waals surface area contributed by atoms with Gasteiger partial charge < -0.3 is 5.73 Å². The van der Waals surface area contributed by atoms with Crippen molar-refractivity contribution in [3.8, 4) is 11.3 Å². The van der Waals surface area contributed by atoms with Gasteiger partial charge >= 0.3 is 6.03 Å². The largest absolute Gasteiger partial charge is 0.350 e. The van der Waals surface area contributed by atoms with E-state index in [1.807, 2.05) is 24.3 Å². The number of halogens is 1. The zero-order valence-electron chi connectivity index (χ0n) is 8.92. The molecule has 7 heteroatoms. The summed E-state index contributed by atoms with van der Waals surface area (Å²) >= 11 is 4.77. The van der Waals surface area contributed by atoms with Crippen molar-refractivity contribution in [2.75, 3.05) is 0 Å². The Labute approximate surface area is 114 Å². The Balaban J connectivity index is 2.33. The number of hydrogen-bond donors (Lipinski definition) is 1. The predicted molar refractivity (Wildman–Crippen MR) is 72.4 cm³/mol. The van der Waals surface area contributed by atoms with Gasteiger partial charge in [0.05, 0.1) is 0 Å². The highest BCUT2D eigenvalue weighted by Crippen LogP contribution is 2.34. The molecular weight excluding hydrogens is 316 g/mol. The van der Waals surface area contributed by atoms with Crippen LogP contribution in [0.25, 0.3) is 21.6 Å². The van der Waals surface area contributed by atoms with Crippen LogP contribution in [0.15, 0.2) is 28.7 Å². The minimum absolute atomic E-state index is 0.443. The lowest BCUT2D eigenvalue weighted by Gasteiger charge is -1.99. The molecule has 0 aliphatic carbocycles. The summed E-state index contributed by atoms with van der Waals surface area (Å²) in [6.07, 6.45) is 0. The second-order valence-electron chi connectivity index (χ2n) is 3.54. The Bertz CT molecular complexity index is 748. The van der Waals surface area contributed by atoms with Crippen molar-refractivity contribution in [2.24, 2.45) is 5.73 Å². The van der Waals surface area contributed by atoms with E-state index in [9.17, 15) is 4.79 Å². The average Bonchev–Trinajstić information content (AvgIpc) is 2.90. The molecule has 0 bridgehead atoms. The molecule has 1 aromatic carbocycles. The second-order valence-corrected chi connectivity index (χ2v) is 5.19. The molecule has 3 aromatic rings. The summed E-state index contributed by atoms with van der Waals surface area (Å²) in [4.78, 5) is 15.3. The molecule has 0 saturated carbocycles. The first-order chi connectivity index (χ1) is 8.68. The molecule has 0 fully saturated rings. The van der Waals surface area contributed by atoms with Crippen molar-refractivity contribution in [3.05, 3.63) is 34.2 Å². The molecule has 3 rings (SSSR count). The molecule has 89 valence electrons. The molecule has 0 unspecified atom stereocenters. The Morgan fingerprint density at radius 3 is 2.94 bits per heavy atom. The fourth-order valence-electron chi connectivity index (χ4n) is 1.68. The van der Waals surface area contributed by atoms with Crippen LogP contribution in [0, 0.1) is 5.51 Å². The lowest BCUT2D eigenvalue weighted by molar-refractivity contribution is 0.248. The highest BCUT2D eigenvalue weighted by Gasteiger charge is 2.18. The number of nitrogens with two attached hydrogens (primary N) is 1. The highest BCUT2D eigenvalue weighted by molar-refractivity contribution is 9.10. The zero-order chi connectivity index (χ0) is 12.7. The first-order valence-electron chi connectivity index (χ1n) is 4.99. The number of carbonyl (C=O) groups excluding carboxylic acids is 1. The number of aromatic nitrogens is 3. The Hall–Kier alpha value is -1.73. The fourth-order valence-corrected chi connectivity index (χ4v) is 2.85. The second kappa shape index (κ2) is 4.18. The number of hydrogen-bond acceptors (Lipinski definition) is 4. The molecule has 1 amide bonds. The van der Waals surface area contributed by atoms with Crippen LogP contribution in [-0.4, -0.2) is 20.8 Å². The number of nitrogens with zero attached hydrogens (tertiary/aromatic N) is 3. The quantitative estimate of drug-likeness (QED) is 0.748. The van der Waals surface area contributed by atoms with E-state index in [1.54, 1.807) is 0 Å². The number of benzene rings is 1. The van der Waals surface area contributed by atoms with Crippen molar-refractivity contribution >= 4 is 43.6 Å². The van der Waals surface area contributed by atoms with Crippen LogP contribution in [0.1, 0.15) is 0 Å². The Morgan fingerprint density at radius 1 is 1.44 bits per heavy atom. The standard InChI is InChI=1S/C11H6BrN4OS/c12-7-4-2-1-3-6(7)8-9-10(14-5-18-9)16(15-8)11(13)17/h1-4H,(H2,13,17). The molecule has 0 atom stereocenters. The van der Waals surface area contributed by atoms with Crippen LogP contribution in [0.2, 0.25) is 0 Å². The van der Waals surface area contributed by atoms with Crippen LogP contribution in [0.5, 0.6) is 0 Å². The van der Waals surface area contributed by atoms with Gasteiger partial charge in [-0.15, -0.1) is 11.3 Å². The third-order valence-electron chi connectivity index (χ3n) is 2.46. The third kappa shape index (κ3) is 1.63. The van der Waals surface area contributed by atoms with Crippen molar-refractivity contribution in [2.45, 2.75) is 0 Å². The molecule has 0 aliphatic rings. The normalized spacial score (nSPS) is 10.9. The predicted octanol–water partition coefficient (Wildman–Crippen LogP) is 2.65. The maximum atomic E-state index is 11.3. The van der Waals surface area contributed by atoms with Gasteiger partial charge in [-0.3, -0.25) is 0 Å². The van der Waals surface area contributed by atoms with Crippen molar-refractivity contribution in [3.63, 3.8) is 0 Å². The molecule has 1 radical (unpaired) electrons. The van der Waals surface area contributed by atoms with Gasteiger partial charge in [0.15, 0.2) is 11.2 Å². The minimum Gasteiger partial charge on any atom is -0.350 e. The van der Waals surface area contributed by atoms with E-state index in [-0.39, 0.29) is 0 Å². The number of carbonyl (C=O) groups is 1. The number of thiazole rings is 1. The van der Waals surface area contributed by atoms with Crippen LogP contribution in [0.3, 0.4) is 0 Å². The van der Waals surface area contributed by atoms with E-state index in [4.69, 9.17) is 5.73 Å². The summed E-state index contributed by atoms with van der Waals surface area (Å²) in [5, 5.41) is 4.22. The molecule has 18 heavy (non-hydrogen) atoms. The Morgan fingerprint density at radius 2 is 2.22 bits per heavy atom. The SMILES string of the molecule is NC(=O)n1nc(-c2ccccc2Br)c2s[c]nc21. The summed E-state index contributed by atoms with van der Waals surface area (Å²) in [7, 11) is 0. The first-order valence-corrected chi connectivity index (χ1v) is 6.59. The lowest BCUT2D eigenvalue weighted by Crippen LogP contribution is -2.20. The van der Waals surface area contributed by atoms with Gasteiger partial charge in [-0.25, -0.2) is 9.78 Å². The molecule has 0 spiro atoms. The molecule has 0 saturated heterocycles. The van der Waals surface area contributed by atoms with Gasteiger partial charge in [0, 0.05) is 10.0 Å². The van der Waals surface area contributed by atoms with Crippen LogP contribution < -0.4 is 5.73 Å². The van der Waals surface area contributed by atoms with Gasteiger partial charge in [0.1, 0.15) is 10.4 Å². The molecule has 2 N–H and O–H groups in total. The van der Waals surface area contributed by atoms with E-state index in [0.29, 0.717) is 11.3 Å². The van der Waals surface area contributed by atoms with Gasteiger partial charge in [0.25, 0.3) is 0 Å². The summed E-state index contributed by atoms with van der Waals surface area (Å²) in [5.74, 6) is 0. The lowest BCUT2D eigenvalue weighted by atomic mass is 10.1. The summed E-state index contributed by atoms with van der Waals surface area (Å²) in [6, 6.07) is 6.98. The number of primary amides is 1. The fraction of sp³-hybridized carbons (Fsp3) is 0. The number of rotatable bonds is 1. The third-order valence-corrected chi connectivity index (χ3v) is 3.91. The number of fused-ring (bicyclic) bond motifs is 1. The van der Waals surface area contributed by atoms with Crippen molar-refractivity contribution < 1.29 is 4.79 Å². The summed E-state index contributed by atoms with van der Waals surface area (Å²) in [5.41, 5.74) is 10.0. The number of amides is 1. The van der Waals surface area contributed by atoms with Gasteiger partial charge in [-0.1, -0.05) is 34.1 Å². The average molecular weight is 322 g/mol. The Kier molecular flexibility index (Phi) is 2.64. The molecule has 0 aliphatic heterocycles. The van der Waals surface area contributed by atoms with E-state index >= 15 is 0 Å². The molecule has 2 aromatic heterocycles. The van der Waals surface area contributed by atoms with Crippen LogP contribution in [-0.2, 0) is 0 Å². The minimum atomic E-state index is -0.655. The van der Waals surface area contributed by atoms with E-state index in [2.05, 4.69) is 31.5 Å². The highest BCUT2D eigenvalue weighted by atomic mass is 79.9. The van der Waals surface area contributed by atoms with E-state index < -0.39 is 6.03 Å². The zero-order valence-corrected chi connectivity index (χ0v) is 11.3. The van der Waals surface area contributed by atoms with Crippen LogP contribution in [0.4, 0.5) is 4.79 Å². The molecule has 2 heterocycles. The summed E-state index contributed by atoms with van der Waals surface area (Å²) in [6.45, 7) is 0. The van der Waals surface area contributed by atoms with Crippen molar-refractivity contribution in [1.29, 1.82) is 0 Å². The van der Waals surface area contributed by atoms with E-state index in [1.165, 1.54) is 11.3 Å². The molecule has 5 nitrogen and oxygen atoms in total.